The Kier molecular flexibility index (Phi) is 3.98. The summed E-state index contributed by atoms with van der Waals surface area (Å²) in [6.07, 6.45) is 0. The number of hydrogen-bond acceptors (Lipinski definition) is 4. The van der Waals surface area contributed by atoms with Crippen LogP contribution in [0, 0.1) is 13.8 Å². The molecule has 0 amide bonds. The van der Waals surface area contributed by atoms with Gasteiger partial charge in [-0.15, -0.1) is 0 Å². The van der Waals surface area contributed by atoms with Crippen LogP contribution < -0.4 is 0 Å². The number of aromatic nitrogens is 2. The second-order valence-electron chi connectivity index (χ2n) is 5.10. The van der Waals surface area contributed by atoms with E-state index in [0.29, 0.717) is 29.4 Å². The fourth-order valence-corrected chi connectivity index (χ4v) is 4.54. The predicted octanol–water partition coefficient (Wildman–Crippen LogP) is 0.741. The van der Waals surface area contributed by atoms with Crippen LogP contribution in [0.15, 0.2) is 4.90 Å². The lowest BCUT2D eigenvalue weighted by atomic mass is 10.2. The van der Waals surface area contributed by atoms with Gasteiger partial charge in [0.2, 0.25) is 10.0 Å². The molecule has 1 aliphatic heterocycles. The van der Waals surface area contributed by atoms with Crippen LogP contribution in [-0.4, -0.2) is 60.0 Å². The van der Waals surface area contributed by atoms with E-state index in [-0.39, 0.29) is 6.04 Å². The van der Waals surface area contributed by atoms with Crippen LogP contribution in [0.5, 0.6) is 0 Å². The molecule has 6 nitrogen and oxygen atoms in total. The Hall–Kier alpha value is -0.920. The second-order valence-corrected chi connectivity index (χ2v) is 6.98. The number of rotatable bonds is 3. The number of likely N-dealkylation sites (N-methyl/N-ethyl adjacent to an activating group) is 1. The van der Waals surface area contributed by atoms with Crippen molar-refractivity contribution in [2.24, 2.45) is 0 Å². The lowest BCUT2D eigenvalue weighted by molar-refractivity contribution is 0.135. The number of H-pyrrole nitrogens is 1. The SMILES string of the molecule is CCN1CCN(S(=O)(=O)c2c(C)n[nH]c2C)CC1C. The fraction of sp³-hybridized carbons (Fsp3) is 0.750. The van der Waals surface area contributed by atoms with Gasteiger partial charge in [-0.2, -0.15) is 9.40 Å². The topological polar surface area (TPSA) is 69.3 Å². The van der Waals surface area contributed by atoms with Gasteiger partial charge in [-0.3, -0.25) is 10.00 Å². The van der Waals surface area contributed by atoms with E-state index in [1.54, 1.807) is 18.2 Å². The zero-order valence-corrected chi connectivity index (χ0v) is 12.8. The summed E-state index contributed by atoms with van der Waals surface area (Å²) < 4.78 is 26.9. The average Bonchev–Trinajstić information content (AvgIpc) is 2.69. The molecule has 1 fully saturated rings. The molecule has 1 aromatic rings. The molecule has 0 spiro atoms. The van der Waals surface area contributed by atoms with E-state index in [4.69, 9.17) is 0 Å². The summed E-state index contributed by atoms with van der Waals surface area (Å²) in [5.41, 5.74) is 1.16. The van der Waals surface area contributed by atoms with Crippen molar-refractivity contribution < 1.29 is 8.42 Å². The molecule has 0 aromatic carbocycles. The number of aryl methyl sites for hydroxylation is 2. The highest BCUT2D eigenvalue weighted by Gasteiger charge is 2.34. The molecule has 108 valence electrons. The Labute approximate surface area is 114 Å². The van der Waals surface area contributed by atoms with Crippen molar-refractivity contribution >= 4 is 10.0 Å². The van der Waals surface area contributed by atoms with Crippen molar-refractivity contribution in [2.75, 3.05) is 26.2 Å². The highest BCUT2D eigenvalue weighted by molar-refractivity contribution is 7.89. The highest BCUT2D eigenvalue weighted by atomic mass is 32.2. The van der Waals surface area contributed by atoms with Crippen molar-refractivity contribution in [3.8, 4) is 0 Å². The van der Waals surface area contributed by atoms with Gasteiger partial charge in [0.15, 0.2) is 0 Å². The Morgan fingerprint density at radius 2 is 2.05 bits per heavy atom. The summed E-state index contributed by atoms with van der Waals surface area (Å²) in [5.74, 6) is 0. The van der Waals surface area contributed by atoms with E-state index >= 15 is 0 Å². The third-order valence-corrected chi connectivity index (χ3v) is 5.92. The molecule has 0 aliphatic carbocycles. The molecular weight excluding hydrogens is 264 g/mol. The third-order valence-electron chi connectivity index (χ3n) is 3.79. The van der Waals surface area contributed by atoms with Gasteiger partial charge >= 0.3 is 0 Å². The van der Waals surface area contributed by atoms with E-state index in [1.165, 1.54) is 0 Å². The molecule has 2 rings (SSSR count). The van der Waals surface area contributed by atoms with E-state index in [1.807, 2.05) is 0 Å². The molecule has 7 heteroatoms. The number of piperazine rings is 1. The standard InChI is InChI=1S/C12H22N4O2S/c1-5-15-6-7-16(8-9(15)2)19(17,18)12-10(3)13-14-11(12)4/h9H,5-8H2,1-4H3,(H,13,14). The maximum atomic E-state index is 12.7. The first-order valence-electron chi connectivity index (χ1n) is 6.63. The molecule has 0 radical (unpaired) electrons. The largest absolute Gasteiger partial charge is 0.298 e. The molecule has 1 saturated heterocycles. The molecule has 0 bridgehead atoms. The molecule has 2 heterocycles. The van der Waals surface area contributed by atoms with Crippen molar-refractivity contribution in [3.63, 3.8) is 0 Å². The van der Waals surface area contributed by atoms with Crippen LogP contribution in [0.25, 0.3) is 0 Å². The predicted molar refractivity (Wildman–Crippen MR) is 73.5 cm³/mol. The smallest absolute Gasteiger partial charge is 0.246 e. The van der Waals surface area contributed by atoms with Crippen LogP contribution in [0.4, 0.5) is 0 Å². The maximum absolute atomic E-state index is 12.7. The zero-order chi connectivity index (χ0) is 14.2. The lowest BCUT2D eigenvalue weighted by Gasteiger charge is -2.38. The van der Waals surface area contributed by atoms with Crippen LogP contribution in [0.1, 0.15) is 25.2 Å². The van der Waals surface area contributed by atoms with Gasteiger partial charge in [0, 0.05) is 25.7 Å². The Bertz CT molecular complexity index is 533. The molecule has 0 saturated carbocycles. The quantitative estimate of drug-likeness (QED) is 0.890. The number of aromatic amines is 1. The van der Waals surface area contributed by atoms with Gasteiger partial charge < -0.3 is 0 Å². The first-order valence-corrected chi connectivity index (χ1v) is 8.07. The van der Waals surface area contributed by atoms with Crippen molar-refractivity contribution in [2.45, 2.75) is 38.6 Å². The molecule has 1 N–H and O–H groups in total. The minimum atomic E-state index is -3.43. The van der Waals surface area contributed by atoms with E-state index < -0.39 is 10.0 Å². The molecule has 1 unspecified atom stereocenters. The third kappa shape index (κ3) is 2.54. The van der Waals surface area contributed by atoms with Gasteiger partial charge in [-0.05, 0) is 27.3 Å². The monoisotopic (exact) mass is 286 g/mol. The van der Waals surface area contributed by atoms with Gasteiger partial charge in [-0.1, -0.05) is 6.92 Å². The summed E-state index contributed by atoms with van der Waals surface area (Å²) in [7, 11) is -3.43. The van der Waals surface area contributed by atoms with Crippen LogP contribution in [0.3, 0.4) is 0 Å². The zero-order valence-electron chi connectivity index (χ0n) is 12.0. The van der Waals surface area contributed by atoms with Crippen LogP contribution in [0.2, 0.25) is 0 Å². The minimum Gasteiger partial charge on any atom is -0.298 e. The molecular formula is C12H22N4O2S. The highest BCUT2D eigenvalue weighted by Crippen LogP contribution is 2.23. The first kappa shape index (κ1) is 14.5. The van der Waals surface area contributed by atoms with Crippen LogP contribution in [-0.2, 0) is 10.0 Å². The minimum absolute atomic E-state index is 0.251. The van der Waals surface area contributed by atoms with Gasteiger partial charge in [0.05, 0.1) is 11.4 Å². The first-order chi connectivity index (χ1) is 8.87. The maximum Gasteiger partial charge on any atom is 0.246 e. The van der Waals surface area contributed by atoms with Gasteiger partial charge in [0.1, 0.15) is 4.90 Å². The number of sulfonamides is 1. The Morgan fingerprint density at radius 3 is 2.53 bits per heavy atom. The lowest BCUT2D eigenvalue weighted by Crippen LogP contribution is -2.53. The van der Waals surface area contributed by atoms with Crippen molar-refractivity contribution in [1.29, 1.82) is 0 Å². The van der Waals surface area contributed by atoms with Gasteiger partial charge in [-0.25, -0.2) is 8.42 Å². The molecule has 19 heavy (non-hydrogen) atoms. The average molecular weight is 286 g/mol. The summed E-state index contributed by atoms with van der Waals surface area (Å²) in [5, 5.41) is 6.73. The molecule has 1 aliphatic rings. The number of nitrogens with zero attached hydrogens (tertiary/aromatic N) is 3. The Balaban J connectivity index is 2.27. The normalized spacial score (nSPS) is 22.8. The van der Waals surface area contributed by atoms with Crippen LogP contribution >= 0.6 is 0 Å². The second kappa shape index (κ2) is 5.22. The fourth-order valence-electron chi connectivity index (χ4n) is 2.70. The summed E-state index contributed by atoms with van der Waals surface area (Å²) >= 11 is 0. The molecule has 1 aromatic heterocycles. The Morgan fingerprint density at radius 1 is 1.37 bits per heavy atom. The van der Waals surface area contributed by atoms with Gasteiger partial charge in [0.25, 0.3) is 0 Å². The summed E-state index contributed by atoms with van der Waals surface area (Å²) in [6.45, 7) is 10.5. The van der Waals surface area contributed by atoms with E-state index in [0.717, 1.165) is 13.1 Å². The molecule has 1 atom stereocenters. The summed E-state index contributed by atoms with van der Waals surface area (Å²) in [6, 6.07) is 0.251. The summed E-state index contributed by atoms with van der Waals surface area (Å²) in [4.78, 5) is 2.63. The van der Waals surface area contributed by atoms with E-state index in [2.05, 4.69) is 28.9 Å². The van der Waals surface area contributed by atoms with E-state index in [9.17, 15) is 8.42 Å². The van der Waals surface area contributed by atoms with Crippen molar-refractivity contribution in [3.05, 3.63) is 11.4 Å². The van der Waals surface area contributed by atoms with Crippen molar-refractivity contribution in [1.82, 2.24) is 19.4 Å². The number of hydrogen-bond donors (Lipinski definition) is 1. The number of nitrogens with one attached hydrogen (secondary N) is 1.